The van der Waals surface area contributed by atoms with Crippen molar-refractivity contribution in [2.45, 2.75) is 43.8 Å². The fourth-order valence-electron chi connectivity index (χ4n) is 3.59. The lowest BCUT2D eigenvalue weighted by atomic mass is 10.0. The Hall–Kier alpha value is -2.03. The van der Waals surface area contributed by atoms with Gasteiger partial charge >= 0.3 is 5.69 Å². The summed E-state index contributed by atoms with van der Waals surface area (Å²) in [7, 11) is 4.79. The first-order valence-corrected chi connectivity index (χ1v) is 9.90. The van der Waals surface area contributed by atoms with Gasteiger partial charge in [-0.2, -0.15) is 0 Å². The summed E-state index contributed by atoms with van der Waals surface area (Å²) in [6.07, 6.45) is 4.27. The zero-order chi connectivity index (χ0) is 19.0. The van der Waals surface area contributed by atoms with Crippen LogP contribution in [0.3, 0.4) is 0 Å². The van der Waals surface area contributed by atoms with E-state index in [1.54, 1.807) is 18.7 Å². The lowest BCUT2D eigenvalue weighted by Crippen LogP contribution is -2.44. The van der Waals surface area contributed by atoms with Gasteiger partial charge in [0, 0.05) is 33.7 Å². The van der Waals surface area contributed by atoms with Gasteiger partial charge in [0.25, 0.3) is 5.56 Å². The predicted octanol–water partition coefficient (Wildman–Crippen LogP) is 0.854. The lowest BCUT2D eigenvalue weighted by molar-refractivity contribution is -0.132. The normalized spacial score (nSPS) is 17.8. The molecule has 0 N–H and O–H groups in total. The third-order valence-corrected chi connectivity index (χ3v) is 6.19. The number of aromatic nitrogens is 4. The van der Waals surface area contributed by atoms with Crippen molar-refractivity contribution in [3.05, 3.63) is 20.8 Å². The summed E-state index contributed by atoms with van der Waals surface area (Å²) in [5.41, 5.74) is -0.0698. The molecule has 1 fully saturated rings. The first-order valence-electron chi connectivity index (χ1n) is 8.91. The van der Waals surface area contributed by atoms with Crippen molar-refractivity contribution in [3.8, 4) is 0 Å². The van der Waals surface area contributed by atoms with Gasteiger partial charge in [0.15, 0.2) is 16.3 Å². The molecule has 2 aromatic rings. The van der Waals surface area contributed by atoms with Crippen LogP contribution < -0.4 is 11.2 Å². The number of likely N-dealkylation sites (tertiary alicyclic amines) is 1. The Kier molecular flexibility index (Phi) is 5.27. The van der Waals surface area contributed by atoms with E-state index in [2.05, 4.69) is 11.9 Å². The first kappa shape index (κ1) is 18.8. The first-order chi connectivity index (χ1) is 12.4. The molecular weight excluding hydrogens is 354 g/mol. The third-order valence-electron chi connectivity index (χ3n) is 5.18. The van der Waals surface area contributed by atoms with Crippen molar-refractivity contribution in [2.75, 3.05) is 12.3 Å². The van der Waals surface area contributed by atoms with Gasteiger partial charge in [-0.25, -0.2) is 9.78 Å². The molecule has 26 heavy (non-hydrogen) atoms. The van der Waals surface area contributed by atoms with Gasteiger partial charge < -0.3 is 9.47 Å². The maximum absolute atomic E-state index is 12.7. The minimum absolute atomic E-state index is 0.107. The van der Waals surface area contributed by atoms with E-state index in [9.17, 15) is 14.4 Å². The highest BCUT2D eigenvalue weighted by molar-refractivity contribution is 7.99. The zero-order valence-electron chi connectivity index (χ0n) is 15.7. The van der Waals surface area contributed by atoms with Gasteiger partial charge in [-0.15, -0.1) is 0 Å². The van der Waals surface area contributed by atoms with Gasteiger partial charge in [0.05, 0.1) is 5.75 Å². The Morgan fingerprint density at radius 3 is 2.58 bits per heavy atom. The molecule has 1 atom stereocenters. The highest BCUT2D eigenvalue weighted by Gasteiger charge is 2.26. The summed E-state index contributed by atoms with van der Waals surface area (Å²) in [5, 5.41) is 0.566. The number of rotatable bonds is 4. The number of hydrogen-bond donors (Lipinski definition) is 0. The van der Waals surface area contributed by atoms with Crippen molar-refractivity contribution in [3.63, 3.8) is 0 Å². The number of piperidine rings is 1. The lowest BCUT2D eigenvalue weighted by Gasteiger charge is -2.35. The minimum atomic E-state index is -0.410. The van der Waals surface area contributed by atoms with Crippen LogP contribution in [0.2, 0.25) is 0 Å². The molecule has 2 aromatic heterocycles. The Labute approximate surface area is 155 Å². The monoisotopic (exact) mass is 379 g/mol. The fraction of sp³-hybridized carbons (Fsp3) is 0.647. The highest BCUT2D eigenvalue weighted by Crippen LogP contribution is 2.24. The number of nitrogens with zero attached hydrogens (tertiary/aromatic N) is 5. The predicted molar refractivity (Wildman–Crippen MR) is 102 cm³/mol. The second kappa shape index (κ2) is 7.30. The van der Waals surface area contributed by atoms with Crippen molar-refractivity contribution in [2.24, 2.45) is 21.1 Å². The van der Waals surface area contributed by atoms with E-state index in [0.29, 0.717) is 22.4 Å². The van der Waals surface area contributed by atoms with Crippen LogP contribution in [-0.4, -0.2) is 47.8 Å². The van der Waals surface area contributed by atoms with Crippen LogP contribution >= 0.6 is 11.8 Å². The number of amides is 1. The van der Waals surface area contributed by atoms with Gasteiger partial charge in [-0.3, -0.25) is 18.7 Å². The molecule has 1 aliphatic rings. The molecule has 1 aliphatic heterocycles. The van der Waals surface area contributed by atoms with Gasteiger partial charge in [-0.05, 0) is 25.7 Å². The van der Waals surface area contributed by atoms with Gasteiger partial charge in [-0.1, -0.05) is 18.7 Å². The number of aryl methyl sites for hydroxylation is 2. The average molecular weight is 379 g/mol. The number of thioether (sulfide) groups is 1. The minimum Gasteiger partial charge on any atom is -0.339 e. The van der Waals surface area contributed by atoms with E-state index in [1.807, 2.05) is 4.90 Å². The number of imidazole rings is 1. The van der Waals surface area contributed by atoms with Crippen molar-refractivity contribution < 1.29 is 4.79 Å². The second-order valence-corrected chi connectivity index (χ2v) is 7.71. The quantitative estimate of drug-likeness (QED) is 0.736. The molecule has 0 spiro atoms. The molecule has 3 rings (SSSR count). The Morgan fingerprint density at radius 1 is 1.15 bits per heavy atom. The fourth-order valence-corrected chi connectivity index (χ4v) is 4.44. The molecule has 0 aliphatic carbocycles. The number of carbonyl (C=O) groups is 1. The van der Waals surface area contributed by atoms with Crippen LogP contribution in [0, 0.1) is 0 Å². The largest absolute Gasteiger partial charge is 0.339 e. The standard InChI is InChI=1S/C17H25N5O3S/c1-5-11-8-6-7-9-22(11)12(23)10-26-16-18-14-13(19(16)2)15(24)21(4)17(25)20(14)3/h11H,5-10H2,1-4H3/t11-/m0/s1. The highest BCUT2D eigenvalue weighted by atomic mass is 32.2. The molecular formula is C17H25N5O3S. The van der Waals surface area contributed by atoms with E-state index < -0.39 is 5.69 Å². The second-order valence-electron chi connectivity index (χ2n) is 6.77. The Balaban J connectivity index is 1.86. The van der Waals surface area contributed by atoms with Crippen LogP contribution in [0.15, 0.2) is 14.7 Å². The molecule has 0 saturated carbocycles. The van der Waals surface area contributed by atoms with E-state index in [0.717, 1.165) is 30.4 Å². The molecule has 1 amide bonds. The third kappa shape index (κ3) is 3.08. The molecule has 142 valence electrons. The topological polar surface area (TPSA) is 82.1 Å². The molecule has 3 heterocycles. The maximum Gasteiger partial charge on any atom is 0.332 e. The average Bonchev–Trinajstić information content (AvgIpc) is 2.99. The Morgan fingerprint density at radius 2 is 1.88 bits per heavy atom. The molecule has 0 radical (unpaired) electrons. The number of carbonyl (C=O) groups excluding carboxylic acids is 1. The van der Waals surface area contributed by atoms with Crippen LogP contribution in [0.5, 0.6) is 0 Å². The molecule has 1 saturated heterocycles. The molecule has 0 bridgehead atoms. The van der Waals surface area contributed by atoms with E-state index in [4.69, 9.17) is 0 Å². The molecule has 0 unspecified atom stereocenters. The Bertz CT molecular complexity index is 958. The van der Waals surface area contributed by atoms with Gasteiger partial charge in [0.2, 0.25) is 5.91 Å². The van der Waals surface area contributed by atoms with Crippen LogP contribution in [0.25, 0.3) is 11.2 Å². The van der Waals surface area contributed by atoms with Gasteiger partial charge in [0.1, 0.15) is 0 Å². The van der Waals surface area contributed by atoms with Crippen LogP contribution in [-0.2, 0) is 25.9 Å². The maximum atomic E-state index is 12.7. The van der Waals surface area contributed by atoms with Crippen molar-refractivity contribution in [1.29, 1.82) is 0 Å². The molecule has 8 nitrogen and oxygen atoms in total. The summed E-state index contributed by atoms with van der Waals surface area (Å²) >= 11 is 1.31. The van der Waals surface area contributed by atoms with Crippen LogP contribution in [0.4, 0.5) is 0 Å². The van der Waals surface area contributed by atoms with E-state index in [-0.39, 0.29) is 17.2 Å². The van der Waals surface area contributed by atoms with E-state index >= 15 is 0 Å². The molecule has 0 aromatic carbocycles. The van der Waals surface area contributed by atoms with E-state index in [1.165, 1.54) is 29.8 Å². The zero-order valence-corrected chi connectivity index (χ0v) is 16.5. The summed E-state index contributed by atoms with van der Waals surface area (Å²) in [6, 6.07) is 0.324. The summed E-state index contributed by atoms with van der Waals surface area (Å²) in [4.78, 5) is 43.6. The summed E-state index contributed by atoms with van der Waals surface area (Å²) in [6.45, 7) is 2.93. The summed E-state index contributed by atoms with van der Waals surface area (Å²) < 4.78 is 4.10. The summed E-state index contributed by atoms with van der Waals surface area (Å²) in [5.74, 6) is 0.387. The SMILES string of the molecule is CC[C@H]1CCCCN1C(=O)CSc1nc2c(c(=O)n(C)c(=O)n2C)n1C. The number of fused-ring (bicyclic) bond motifs is 1. The van der Waals surface area contributed by atoms with Crippen LogP contribution in [0.1, 0.15) is 32.6 Å². The molecule has 9 heteroatoms. The van der Waals surface area contributed by atoms with Crippen molar-refractivity contribution in [1.82, 2.24) is 23.6 Å². The number of hydrogen-bond acceptors (Lipinski definition) is 5. The van der Waals surface area contributed by atoms with Crippen molar-refractivity contribution >= 4 is 28.8 Å². The smallest absolute Gasteiger partial charge is 0.332 e.